The summed E-state index contributed by atoms with van der Waals surface area (Å²) in [5.41, 5.74) is 0.516. The van der Waals surface area contributed by atoms with Crippen LogP contribution in [0.5, 0.6) is 0 Å². The molecular formula is C22H37N3O6. The number of nitrogens with zero attached hydrogens (tertiary/aromatic N) is 2. The Kier molecular flexibility index (Phi) is 11.7. The van der Waals surface area contributed by atoms with Gasteiger partial charge in [0.25, 0.3) is 0 Å². The van der Waals surface area contributed by atoms with Gasteiger partial charge in [-0.2, -0.15) is 5.26 Å². The Balaban J connectivity index is 6.04. The van der Waals surface area contributed by atoms with Crippen LogP contribution in [0.4, 0.5) is 9.59 Å². The van der Waals surface area contributed by atoms with E-state index in [-0.39, 0.29) is 5.57 Å². The van der Waals surface area contributed by atoms with E-state index in [2.05, 4.69) is 17.1 Å². The van der Waals surface area contributed by atoms with Crippen LogP contribution in [0.1, 0.15) is 80.6 Å². The number of rotatable bonds is 8. The normalized spacial score (nSPS) is 12.9. The first kappa shape index (κ1) is 28.2. The third-order valence-corrected chi connectivity index (χ3v) is 3.77. The van der Waals surface area contributed by atoms with E-state index in [0.29, 0.717) is 12.8 Å². The summed E-state index contributed by atoms with van der Waals surface area (Å²) in [7, 11) is 1.16. The highest BCUT2D eigenvalue weighted by Crippen LogP contribution is 2.18. The maximum atomic E-state index is 12.9. The molecule has 0 aliphatic heterocycles. The molecule has 0 fully saturated rings. The minimum atomic E-state index is -0.859. The van der Waals surface area contributed by atoms with E-state index in [1.807, 2.05) is 0 Å². The van der Waals surface area contributed by atoms with Gasteiger partial charge in [-0.15, -0.1) is 0 Å². The Bertz CT molecular complexity index is 683. The van der Waals surface area contributed by atoms with Crippen molar-refractivity contribution < 1.29 is 28.6 Å². The van der Waals surface area contributed by atoms with E-state index in [9.17, 15) is 19.6 Å². The van der Waals surface area contributed by atoms with Gasteiger partial charge >= 0.3 is 18.2 Å². The molecule has 9 nitrogen and oxygen atoms in total. The first-order valence-electron chi connectivity index (χ1n) is 10.5. The second kappa shape index (κ2) is 12.8. The predicted molar refractivity (Wildman–Crippen MR) is 116 cm³/mol. The van der Waals surface area contributed by atoms with Gasteiger partial charge in [0.05, 0.1) is 13.2 Å². The van der Waals surface area contributed by atoms with Crippen LogP contribution in [0.3, 0.4) is 0 Å². The predicted octanol–water partition coefficient (Wildman–Crippen LogP) is 4.63. The molecule has 0 heterocycles. The van der Waals surface area contributed by atoms with Gasteiger partial charge in [0.2, 0.25) is 0 Å². The number of methoxy groups -OCH3 is 1. The summed E-state index contributed by atoms with van der Waals surface area (Å²) in [6.07, 6.45) is 3.58. The minimum Gasteiger partial charge on any atom is -0.465 e. The fraction of sp³-hybridized carbons (Fsp3) is 0.727. The average Bonchev–Trinajstić information content (AvgIpc) is 2.62. The van der Waals surface area contributed by atoms with Crippen LogP contribution in [0.15, 0.2) is 11.6 Å². The molecule has 1 atom stereocenters. The van der Waals surface area contributed by atoms with Crippen molar-refractivity contribution in [2.45, 2.75) is 97.8 Å². The molecular weight excluding hydrogens is 402 g/mol. The van der Waals surface area contributed by atoms with Gasteiger partial charge in [-0.05, 0) is 54.0 Å². The summed E-state index contributed by atoms with van der Waals surface area (Å²) in [6.45, 7) is 12.2. The highest BCUT2D eigenvalue weighted by atomic mass is 16.6. The second-order valence-corrected chi connectivity index (χ2v) is 9.06. The van der Waals surface area contributed by atoms with Crippen molar-refractivity contribution in [1.29, 1.82) is 5.26 Å². The van der Waals surface area contributed by atoms with Gasteiger partial charge in [-0.1, -0.05) is 32.6 Å². The van der Waals surface area contributed by atoms with Crippen LogP contribution in [-0.4, -0.2) is 47.5 Å². The number of hydrogen-bond acceptors (Lipinski definition) is 7. The summed E-state index contributed by atoms with van der Waals surface area (Å²) < 4.78 is 15.3. The Hall–Kier alpha value is -2.76. The van der Waals surface area contributed by atoms with Gasteiger partial charge in [0.1, 0.15) is 22.8 Å². The molecule has 176 valence electrons. The van der Waals surface area contributed by atoms with E-state index < -0.39 is 35.4 Å². The number of amides is 2. The number of nitriles is 1. The molecule has 0 aromatic carbocycles. The molecule has 31 heavy (non-hydrogen) atoms. The van der Waals surface area contributed by atoms with Crippen LogP contribution in [0, 0.1) is 11.3 Å². The lowest BCUT2D eigenvalue weighted by molar-refractivity contribution is -0.135. The maximum absolute atomic E-state index is 12.9. The summed E-state index contributed by atoms with van der Waals surface area (Å²) >= 11 is 0. The van der Waals surface area contributed by atoms with Gasteiger partial charge < -0.3 is 14.2 Å². The van der Waals surface area contributed by atoms with Gasteiger partial charge in [0, 0.05) is 0 Å². The van der Waals surface area contributed by atoms with Gasteiger partial charge in [-0.3, -0.25) is 0 Å². The number of nitrogens with one attached hydrogen (secondary N) is 1. The van der Waals surface area contributed by atoms with Crippen LogP contribution in [-0.2, 0) is 19.0 Å². The summed E-state index contributed by atoms with van der Waals surface area (Å²) in [4.78, 5) is 37.2. The second-order valence-electron chi connectivity index (χ2n) is 9.06. The number of unbranched alkanes of at least 4 members (excludes halogenated alkanes) is 3. The zero-order chi connectivity index (χ0) is 24.2. The maximum Gasteiger partial charge on any atom is 0.429 e. The quantitative estimate of drug-likeness (QED) is 0.146. The highest BCUT2D eigenvalue weighted by molar-refractivity contribution is 5.92. The monoisotopic (exact) mass is 439 g/mol. The van der Waals surface area contributed by atoms with Crippen molar-refractivity contribution in [2.24, 2.45) is 0 Å². The Labute approximate surface area is 185 Å². The molecule has 1 N–H and O–H groups in total. The number of esters is 1. The summed E-state index contributed by atoms with van der Waals surface area (Å²) in [6, 6.07) is 0.956. The van der Waals surface area contributed by atoms with E-state index in [4.69, 9.17) is 9.47 Å². The van der Waals surface area contributed by atoms with Gasteiger partial charge in [-0.25, -0.2) is 24.8 Å². The first-order chi connectivity index (χ1) is 14.2. The number of hydrazine groups is 1. The molecule has 0 saturated heterocycles. The number of ether oxygens (including phenoxy) is 3. The molecule has 0 aromatic heterocycles. The minimum absolute atomic E-state index is 0.275. The average molecular weight is 440 g/mol. The molecule has 9 heteroatoms. The van der Waals surface area contributed by atoms with Crippen molar-refractivity contribution in [3.63, 3.8) is 0 Å². The highest BCUT2D eigenvalue weighted by Gasteiger charge is 2.31. The van der Waals surface area contributed by atoms with Crippen LogP contribution < -0.4 is 5.43 Å². The largest absolute Gasteiger partial charge is 0.465 e. The standard InChI is InChI=1S/C22H37N3O6/c1-9-10-11-12-13-17(14-16(15-23)18(26)29-8)25(20(28)31-22(5,6)7)24-19(27)30-21(2,3)4/h14,17H,9-13H2,1-8H3,(H,24,27)/b16-14+/t17-/m0/s1. The third kappa shape index (κ3) is 12.5. The van der Waals surface area contributed by atoms with Crippen molar-refractivity contribution in [3.8, 4) is 6.07 Å². The fourth-order valence-corrected chi connectivity index (χ4v) is 2.49. The van der Waals surface area contributed by atoms with Crippen LogP contribution >= 0.6 is 0 Å². The summed E-state index contributed by atoms with van der Waals surface area (Å²) in [5, 5.41) is 10.3. The van der Waals surface area contributed by atoms with E-state index >= 15 is 0 Å². The molecule has 0 aliphatic carbocycles. The molecule has 0 saturated carbocycles. The topological polar surface area (TPSA) is 118 Å². The molecule has 2 amide bonds. The molecule has 0 aliphatic rings. The number of carbonyl (C=O) groups is 3. The molecule has 0 aromatic rings. The lowest BCUT2D eigenvalue weighted by Crippen LogP contribution is -2.54. The molecule has 0 radical (unpaired) electrons. The number of carbonyl (C=O) groups excluding carboxylic acids is 3. The Morgan fingerprint density at radius 3 is 2.06 bits per heavy atom. The Morgan fingerprint density at radius 1 is 1.03 bits per heavy atom. The van der Waals surface area contributed by atoms with Crippen LogP contribution in [0.25, 0.3) is 0 Å². The number of hydrogen-bond donors (Lipinski definition) is 1. The fourth-order valence-electron chi connectivity index (χ4n) is 2.49. The van der Waals surface area contributed by atoms with Crippen molar-refractivity contribution in [3.05, 3.63) is 11.6 Å². The Morgan fingerprint density at radius 2 is 1.61 bits per heavy atom. The lowest BCUT2D eigenvalue weighted by atomic mass is 10.0. The van der Waals surface area contributed by atoms with E-state index in [1.165, 1.54) is 6.08 Å². The lowest BCUT2D eigenvalue weighted by Gasteiger charge is -2.33. The molecule has 0 rings (SSSR count). The third-order valence-electron chi connectivity index (χ3n) is 3.77. The molecule has 0 unspecified atom stereocenters. The van der Waals surface area contributed by atoms with Gasteiger partial charge in [0.15, 0.2) is 0 Å². The van der Waals surface area contributed by atoms with E-state index in [1.54, 1.807) is 47.6 Å². The van der Waals surface area contributed by atoms with Crippen molar-refractivity contribution in [1.82, 2.24) is 10.4 Å². The zero-order valence-corrected chi connectivity index (χ0v) is 20.0. The molecule has 0 bridgehead atoms. The van der Waals surface area contributed by atoms with Crippen molar-refractivity contribution >= 4 is 18.2 Å². The SMILES string of the molecule is CCCCCC[C@@H](/C=C(\C#N)C(=O)OC)N(NC(=O)OC(C)(C)C)C(=O)OC(C)(C)C. The summed E-state index contributed by atoms with van der Waals surface area (Å²) in [5.74, 6) is -0.831. The molecule has 0 spiro atoms. The van der Waals surface area contributed by atoms with Crippen LogP contribution in [0.2, 0.25) is 0 Å². The van der Waals surface area contributed by atoms with Crippen molar-refractivity contribution in [2.75, 3.05) is 7.11 Å². The zero-order valence-electron chi connectivity index (χ0n) is 20.0. The van der Waals surface area contributed by atoms with E-state index in [0.717, 1.165) is 31.4 Å². The smallest absolute Gasteiger partial charge is 0.429 e. The first-order valence-corrected chi connectivity index (χ1v) is 10.5.